The minimum Gasteiger partial charge on any atom is -0.490 e. The van der Waals surface area contributed by atoms with Crippen molar-refractivity contribution in [3.8, 4) is 11.5 Å². The maximum Gasteiger partial charge on any atom is 0.345 e. The van der Waals surface area contributed by atoms with E-state index >= 15 is 0 Å². The van der Waals surface area contributed by atoms with Gasteiger partial charge in [-0.2, -0.15) is 0 Å². The monoisotopic (exact) mass is 254 g/mol. The molecule has 2 rings (SSSR count). The van der Waals surface area contributed by atoms with E-state index < -0.39 is 12.1 Å². The van der Waals surface area contributed by atoms with Crippen LogP contribution in [0.1, 0.15) is 25.1 Å². The Morgan fingerprint density at radius 3 is 2.83 bits per heavy atom. The van der Waals surface area contributed by atoms with Crippen LogP contribution in [0, 0.1) is 0 Å². The second-order valence-electron chi connectivity index (χ2n) is 3.87. The molecule has 0 fully saturated rings. The van der Waals surface area contributed by atoms with E-state index in [1.165, 1.54) is 12.1 Å². The van der Waals surface area contributed by atoms with Crippen LogP contribution >= 0.6 is 0 Å². The Morgan fingerprint density at radius 2 is 2.11 bits per heavy atom. The summed E-state index contributed by atoms with van der Waals surface area (Å²) in [5.74, 6) is 0.163. The Morgan fingerprint density at radius 1 is 1.39 bits per heavy atom. The zero-order valence-corrected chi connectivity index (χ0v) is 10.1. The summed E-state index contributed by atoms with van der Waals surface area (Å²) in [7, 11) is 0. The third-order valence-electron chi connectivity index (χ3n) is 2.56. The summed E-state index contributed by atoms with van der Waals surface area (Å²) in [6.07, 6.45) is -1.01. The lowest BCUT2D eigenvalue weighted by atomic mass is 10.1. The number of carbonyl (C=O) groups excluding carboxylic acids is 1. The van der Waals surface area contributed by atoms with Crippen LogP contribution in [0.4, 0.5) is 4.39 Å². The van der Waals surface area contributed by atoms with Crippen LogP contribution in [0.5, 0.6) is 11.5 Å². The highest BCUT2D eigenvalue weighted by Gasteiger charge is 2.23. The van der Waals surface area contributed by atoms with E-state index in [1.807, 2.05) is 0 Å². The first-order valence-electron chi connectivity index (χ1n) is 5.92. The highest BCUT2D eigenvalue weighted by Crippen LogP contribution is 2.33. The lowest BCUT2D eigenvalue weighted by Crippen LogP contribution is -2.12. The molecule has 1 aromatic rings. The van der Waals surface area contributed by atoms with Crippen LogP contribution < -0.4 is 9.47 Å². The largest absolute Gasteiger partial charge is 0.490 e. The number of alkyl halides is 1. The molecule has 1 aliphatic rings. The van der Waals surface area contributed by atoms with Crippen molar-refractivity contribution < 1.29 is 23.4 Å². The Balaban J connectivity index is 2.19. The van der Waals surface area contributed by atoms with Crippen molar-refractivity contribution in [2.75, 3.05) is 19.8 Å². The number of halogens is 1. The number of hydrogen-bond acceptors (Lipinski definition) is 4. The molecule has 0 radical (unpaired) electrons. The van der Waals surface area contributed by atoms with Gasteiger partial charge in [-0.1, -0.05) is 6.07 Å². The second-order valence-corrected chi connectivity index (χ2v) is 3.87. The first-order valence-corrected chi connectivity index (χ1v) is 5.92. The van der Waals surface area contributed by atoms with E-state index in [0.29, 0.717) is 24.7 Å². The SMILES string of the molecule is CCOC(=O)C(F)c1ccc2c(c1)OCCCO2. The fraction of sp³-hybridized carbons (Fsp3) is 0.462. The summed E-state index contributed by atoms with van der Waals surface area (Å²) in [5, 5.41) is 0. The van der Waals surface area contributed by atoms with E-state index in [0.717, 1.165) is 6.42 Å². The van der Waals surface area contributed by atoms with Crippen LogP contribution in [0.2, 0.25) is 0 Å². The molecule has 5 heteroatoms. The van der Waals surface area contributed by atoms with Crippen LogP contribution in [-0.4, -0.2) is 25.8 Å². The zero-order chi connectivity index (χ0) is 13.0. The number of hydrogen-bond donors (Lipinski definition) is 0. The average molecular weight is 254 g/mol. The van der Waals surface area contributed by atoms with Crippen molar-refractivity contribution >= 4 is 5.97 Å². The first kappa shape index (κ1) is 12.7. The molecule has 0 saturated heterocycles. The quantitative estimate of drug-likeness (QED) is 0.777. The van der Waals surface area contributed by atoms with Gasteiger partial charge in [-0.05, 0) is 19.1 Å². The lowest BCUT2D eigenvalue weighted by Gasteiger charge is -2.11. The molecule has 1 heterocycles. The molecular formula is C13H15FO4. The van der Waals surface area contributed by atoms with Crippen molar-refractivity contribution in [2.24, 2.45) is 0 Å². The predicted octanol–water partition coefficient (Wildman–Crippen LogP) is 2.42. The average Bonchev–Trinajstić information content (AvgIpc) is 2.62. The standard InChI is InChI=1S/C13H15FO4/c1-2-16-13(15)12(14)9-4-5-10-11(8-9)18-7-3-6-17-10/h4-5,8,12H,2-3,6-7H2,1H3. The highest BCUT2D eigenvalue weighted by atomic mass is 19.1. The van der Waals surface area contributed by atoms with Gasteiger partial charge in [0.05, 0.1) is 19.8 Å². The van der Waals surface area contributed by atoms with E-state index in [1.54, 1.807) is 13.0 Å². The maximum atomic E-state index is 13.8. The van der Waals surface area contributed by atoms with E-state index in [-0.39, 0.29) is 12.2 Å². The Labute approximate surface area is 105 Å². The summed E-state index contributed by atoms with van der Waals surface area (Å²) in [4.78, 5) is 11.3. The third-order valence-corrected chi connectivity index (χ3v) is 2.56. The number of rotatable bonds is 3. The van der Waals surface area contributed by atoms with Gasteiger partial charge >= 0.3 is 5.97 Å². The van der Waals surface area contributed by atoms with Gasteiger partial charge in [0.2, 0.25) is 6.17 Å². The Kier molecular flexibility index (Phi) is 4.02. The fourth-order valence-electron chi connectivity index (χ4n) is 1.69. The van der Waals surface area contributed by atoms with Crippen molar-refractivity contribution in [3.63, 3.8) is 0 Å². The lowest BCUT2D eigenvalue weighted by molar-refractivity contribution is -0.149. The van der Waals surface area contributed by atoms with Gasteiger partial charge in [0, 0.05) is 12.0 Å². The molecule has 1 atom stereocenters. The van der Waals surface area contributed by atoms with Gasteiger partial charge < -0.3 is 14.2 Å². The summed E-state index contributed by atoms with van der Waals surface area (Å²) < 4.78 is 29.3. The van der Waals surface area contributed by atoms with Gasteiger partial charge in [-0.25, -0.2) is 9.18 Å². The predicted molar refractivity (Wildman–Crippen MR) is 62.5 cm³/mol. The molecule has 0 N–H and O–H groups in total. The van der Waals surface area contributed by atoms with Crippen LogP contribution in [-0.2, 0) is 9.53 Å². The Bertz CT molecular complexity index is 433. The van der Waals surface area contributed by atoms with E-state index in [9.17, 15) is 9.18 Å². The smallest absolute Gasteiger partial charge is 0.345 e. The van der Waals surface area contributed by atoms with Gasteiger partial charge in [0.25, 0.3) is 0 Å². The van der Waals surface area contributed by atoms with Crippen molar-refractivity contribution in [3.05, 3.63) is 23.8 Å². The highest BCUT2D eigenvalue weighted by molar-refractivity contribution is 5.76. The molecule has 0 spiro atoms. The minimum absolute atomic E-state index is 0.157. The molecular weight excluding hydrogens is 239 g/mol. The molecule has 18 heavy (non-hydrogen) atoms. The molecule has 4 nitrogen and oxygen atoms in total. The number of fused-ring (bicyclic) bond motifs is 1. The maximum absolute atomic E-state index is 13.8. The van der Waals surface area contributed by atoms with E-state index in [2.05, 4.69) is 4.74 Å². The number of benzene rings is 1. The van der Waals surface area contributed by atoms with Crippen LogP contribution in [0.3, 0.4) is 0 Å². The Hall–Kier alpha value is -1.78. The third kappa shape index (κ3) is 2.72. The fourth-order valence-corrected chi connectivity index (χ4v) is 1.69. The summed E-state index contributed by atoms with van der Waals surface area (Å²) in [6, 6.07) is 4.61. The summed E-state index contributed by atoms with van der Waals surface area (Å²) >= 11 is 0. The molecule has 0 aromatic heterocycles. The van der Waals surface area contributed by atoms with Crippen LogP contribution in [0.25, 0.3) is 0 Å². The normalized spacial score (nSPS) is 15.7. The van der Waals surface area contributed by atoms with Gasteiger partial charge in [0.1, 0.15) is 0 Å². The second kappa shape index (κ2) is 5.71. The summed E-state index contributed by atoms with van der Waals surface area (Å²) in [5.41, 5.74) is 0.220. The molecule has 0 saturated carbocycles. The zero-order valence-electron chi connectivity index (χ0n) is 10.1. The molecule has 0 aliphatic carbocycles. The topological polar surface area (TPSA) is 44.8 Å². The number of ether oxygens (including phenoxy) is 3. The van der Waals surface area contributed by atoms with E-state index in [4.69, 9.17) is 9.47 Å². The van der Waals surface area contributed by atoms with Gasteiger partial charge in [0.15, 0.2) is 11.5 Å². The van der Waals surface area contributed by atoms with Gasteiger partial charge in [-0.3, -0.25) is 0 Å². The molecule has 1 aliphatic heterocycles. The van der Waals surface area contributed by atoms with Crippen molar-refractivity contribution in [2.45, 2.75) is 19.5 Å². The summed E-state index contributed by atoms with van der Waals surface area (Å²) in [6.45, 7) is 2.89. The minimum atomic E-state index is -1.79. The van der Waals surface area contributed by atoms with Crippen molar-refractivity contribution in [1.29, 1.82) is 0 Å². The van der Waals surface area contributed by atoms with Crippen LogP contribution in [0.15, 0.2) is 18.2 Å². The van der Waals surface area contributed by atoms with Gasteiger partial charge in [-0.15, -0.1) is 0 Å². The number of esters is 1. The molecule has 1 aromatic carbocycles. The molecule has 0 bridgehead atoms. The molecule has 0 amide bonds. The number of carbonyl (C=O) groups is 1. The first-order chi connectivity index (χ1) is 8.72. The molecule has 98 valence electrons. The van der Waals surface area contributed by atoms with Crippen molar-refractivity contribution in [1.82, 2.24) is 0 Å². The molecule has 1 unspecified atom stereocenters.